The van der Waals surface area contributed by atoms with E-state index in [9.17, 15) is 4.79 Å². The van der Waals surface area contributed by atoms with Gasteiger partial charge in [0.1, 0.15) is 0 Å². The van der Waals surface area contributed by atoms with E-state index in [1.807, 2.05) is 20.8 Å². The quantitative estimate of drug-likeness (QED) is 0.636. The zero-order valence-electron chi connectivity index (χ0n) is 7.46. The van der Waals surface area contributed by atoms with Gasteiger partial charge in [0.2, 0.25) is 0 Å². The summed E-state index contributed by atoms with van der Waals surface area (Å²) in [6, 6.07) is 0. The molecule has 0 heterocycles. The summed E-state index contributed by atoms with van der Waals surface area (Å²) in [7, 11) is 0. The standard InChI is InChI=1S/C8H16O3/c1-5(8(2,3)4)6(9)7(10)11/h5-6,9H,1-4H3,(H,10,11). The highest BCUT2D eigenvalue weighted by Crippen LogP contribution is 2.27. The van der Waals surface area contributed by atoms with Crippen molar-refractivity contribution in [3.05, 3.63) is 0 Å². The molecule has 0 aliphatic heterocycles. The fourth-order valence-electron chi connectivity index (χ4n) is 0.687. The Hall–Kier alpha value is -0.570. The average Bonchev–Trinajstić information content (AvgIpc) is 1.82. The molecule has 0 aromatic rings. The van der Waals surface area contributed by atoms with Crippen LogP contribution in [0.2, 0.25) is 0 Å². The van der Waals surface area contributed by atoms with Crippen LogP contribution in [0.25, 0.3) is 0 Å². The number of rotatable bonds is 2. The van der Waals surface area contributed by atoms with E-state index < -0.39 is 12.1 Å². The number of carboxylic acids is 1. The largest absolute Gasteiger partial charge is 0.479 e. The Bertz CT molecular complexity index is 146. The van der Waals surface area contributed by atoms with Crippen molar-refractivity contribution in [2.24, 2.45) is 11.3 Å². The van der Waals surface area contributed by atoms with E-state index in [0.717, 1.165) is 0 Å². The van der Waals surface area contributed by atoms with Crippen LogP contribution in [0.4, 0.5) is 0 Å². The fraction of sp³-hybridized carbons (Fsp3) is 0.875. The monoisotopic (exact) mass is 160 g/mol. The summed E-state index contributed by atoms with van der Waals surface area (Å²) in [6.45, 7) is 7.45. The minimum Gasteiger partial charge on any atom is -0.479 e. The Morgan fingerprint density at radius 2 is 1.73 bits per heavy atom. The summed E-state index contributed by atoms with van der Waals surface area (Å²) in [5.41, 5.74) is -0.169. The van der Waals surface area contributed by atoms with Gasteiger partial charge < -0.3 is 10.2 Å². The first-order chi connectivity index (χ1) is 4.76. The summed E-state index contributed by atoms with van der Waals surface area (Å²) < 4.78 is 0. The van der Waals surface area contributed by atoms with Crippen molar-refractivity contribution in [3.63, 3.8) is 0 Å². The summed E-state index contributed by atoms with van der Waals surface area (Å²) in [5.74, 6) is -1.38. The molecule has 0 aliphatic rings. The molecule has 0 spiro atoms. The zero-order chi connectivity index (χ0) is 9.23. The minimum atomic E-state index is -1.25. The number of hydrogen-bond donors (Lipinski definition) is 2. The smallest absolute Gasteiger partial charge is 0.332 e. The lowest BCUT2D eigenvalue weighted by Crippen LogP contribution is -2.35. The highest BCUT2D eigenvalue weighted by molar-refractivity contribution is 5.72. The van der Waals surface area contributed by atoms with Gasteiger partial charge in [-0.15, -0.1) is 0 Å². The fourth-order valence-corrected chi connectivity index (χ4v) is 0.687. The highest BCUT2D eigenvalue weighted by atomic mass is 16.4. The lowest BCUT2D eigenvalue weighted by Gasteiger charge is -2.29. The molecule has 2 unspecified atom stereocenters. The molecule has 0 saturated heterocycles. The normalized spacial score (nSPS) is 17.5. The minimum absolute atomic E-state index is 0.169. The molecular weight excluding hydrogens is 144 g/mol. The summed E-state index contributed by atoms with van der Waals surface area (Å²) in [6.07, 6.45) is -1.25. The van der Waals surface area contributed by atoms with Gasteiger partial charge in [-0.1, -0.05) is 27.7 Å². The number of aliphatic hydroxyl groups excluding tert-OH is 1. The van der Waals surface area contributed by atoms with Gasteiger partial charge in [0.05, 0.1) is 0 Å². The molecule has 3 nitrogen and oxygen atoms in total. The van der Waals surface area contributed by atoms with Crippen molar-refractivity contribution < 1.29 is 15.0 Å². The second-order valence-corrected chi connectivity index (χ2v) is 3.94. The van der Waals surface area contributed by atoms with Crippen molar-refractivity contribution in [3.8, 4) is 0 Å². The first kappa shape index (κ1) is 10.4. The van der Waals surface area contributed by atoms with Crippen molar-refractivity contribution in [1.82, 2.24) is 0 Å². The van der Waals surface area contributed by atoms with E-state index in [0.29, 0.717) is 0 Å². The topological polar surface area (TPSA) is 57.5 Å². The second kappa shape index (κ2) is 3.22. The highest BCUT2D eigenvalue weighted by Gasteiger charge is 2.31. The molecule has 0 aromatic heterocycles. The first-order valence-electron chi connectivity index (χ1n) is 3.67. The third-order valence-corrected chi connectivity index (χ3v) is 2.09. The van der Waals surface area contributed by atoms with Crippen LogP contribution in [-0.2, 0) is 4.79 Å². The van der Waals surface area contributed by atoms with E-state index in [1.165, 1.54) is 0 Å². The van der Waals surface area contributed by atoms with Crippen LogP contribution in [0, 0.1) is 11.3 Å². The molecule has 2 N–H and O–H groups in total. The molecule has 0 aromatic carbocycles. The molecule has 0 rings (SSSR count). The molecule has 11 heavy (non-hydrogen) atoms. The van der Waals surface area contributed by atoms with Crippen LogP contribution in [-0.4, -0.2) is 22.3 Å². The second-order valence-electron chi connectivity index (χ2n) is 3.94. The van der Waals surface area contributed by atoms with E-state index in [1.54, 1.807) is 6.92 Å². The van der Waals surface area contributed by atoms with Crippen LogP contribution in [0.15, 0.2) is 0 Å². The van der Waals surface area contributed by atoms with Gasteiger partial charge in [-0.25, -0.2) is 4.79 Å². The third kappa shape index (κ3) is 2.89. The third-order valence-electron chi connectivity index (χ3n) is 2.09. The van der Waals surface area contributed by atoms with E-state index in [-0.39, 0.29) is 11.3 Å². The molecule has 0 fully saturated rings. The van der Waals surface area contributed by atoms with Gasteiger partial charge in [-0.05, 0) is 11.3 Å². The molecule has 0 saturated carbocycles. The van der Waals surface area contributed by atoms with Gasteiger partial charge in [-0.2, -0.15) is 0 Å². The summed E-state index contributed by atoms with van der Waals surface area (Å²) in [4.78, 5) is 10.3. The SMILES string of the molecule is CC(C(O)C(=O)O)C(C)(C)C. The molecule has 3 heteroatoms. The zero-order valence-corrected chi connectivity index (χ0v) is 7.46. The Morgan fingerprint density at radius 3 is 1.82 bits per heavy atom. The maximum absolute atomic E-state index is 10.3. The van der Waals surface area contributed by atoms with Crippen molar-refractivity contribution >= 4 is 5.97 Å². The van der Waals surface area contributed by atoms with Gasteiger partial charge in [0.15, 0.2) is 6.10 Å². The molecule has 0 bridgehead atoms. The van der Waals surface area contributed by atoms with Crippen LogP contribution in [0.5, 0.6) is 0 Å². The summed E-state index contributed by atoms with van der Waals surface area (Å²) >= 11 is 0. The number of aliphatic hydroxyl groups is 1. The van der Waals surface area contributed by atoms with Gasteiger partial charge in [0, 0.05) is 0 Å². The van der Waals surface area contributed by atoms with Crippen molar-refractivity contribution in [1.29, 1.82) is 0 Å². The molecule has 0 aliphatic carbocycles. The Labute approximate surface area is 67.0 Å². The molecule has 0 radical (unpaired) electrons. The molecular formula is C8H16O3. The number of carbonyl (C=O) groups is 1. The summed E-state index contributed by atoms with van der Waals surface area (Å²) in [5, 5.41) is 17.6. The Balaban J connectivity index is 4.25. The first-order valence-corrected chi connectivity index (χ1v) is 3.67. The van der Waals surface area contributed by atoms with Crippen LogP contribution < -0.4 is 0 Å². The van der Waals surface area contributed by atoms with Gasteiger partial charge >= 0.3 is 5.97 Å². The lowest BCUT2D eigenvalue weighted by molar-refractivity contribution is -0.151. The predicted molar refractivity (Wildman–Crippen MR) is 42.3 cm³/mol. The lowest BCUT2D eigenvalue weighted by atomic mass is 9.79. The van der Waals surface area contributed by atoms with Crippen LogP contribution >= 0.6 is 0 Å². The van der Waals surface area contributed by atoms with E-state index in [4.69, 9.17) is 10.2 Å². The molecule has 0 amide bonds. The Morgan fingerprint density at radius 1 is 1.36 bits per heavy atom. The number of carboxylic acid groups (broad SMARTS) is 1. The molecule has 2 atom stereocenters. The van der Waals surface area contributed by atoms with Crippen LogP contribution in [0.1, 0.15) is 27.7 Å². The van der Waals surface area contributed by atoms with E-state index in [2.05, 4.69) is 0 Å². The number of hydrogen-bond acceptors (Lipinski definition) is 2. The van der Waals surface area contributed by atoms with Crippen molar-refractivity contribution in [2.75, 3.05) is 0 Å². The number of aliphatic carboxylic acids is 1. The maximum Gasteiger partial charge on any atom is 0.332 e. The predicted octanol–water partition coefficient (Wildman–Crippen LogP) is 1.11. The van der Waals surface area contributed by atoms with Gasteiger partial charge in [-0.3, -0.25) is 0 Å². The molecule has 66 valence electrons. The maximum atomic E-state index is 10.3. The van der Waals surface area contributed by atoms with Crippen LogP contribution in [0.3, 0.4) is 0 Å². The van der Waals surface area contributed by atoms with E-state index >= 15 is 0 Å². The van der Waals surface area contributed by atoms with Crippen molar-refractivity contribution in [2.45, 2.75) is 33.8 Å². The van der Waals surface area contributed by atoms with Gasteiger partial charge in [0.25, 0.3) is 0 Å². The average molecular weight is 160 g/mol. The Kier molecular flexibility index (Phi) is 3.05.